The standard InChI is InChI=1S/C53H65NO13S/c1-34(55)54-42-45(64-35(2)56)44(67-51(58)53(6,7)8)41(33-63-50(57)52(3,4)5)65-48(42)62-32-40-43(59-29-36-21-13-9-14-22-36)46(60-30-37-23-15-10-16-24-37)47(61-31-38-25-17-11-18-26-38)49(66-40)68-39-27-19-12-20-28-39/h9-28,40-49H,29-33H2,1-8H3,(H,54,55)/t40-,41-,42-,43-,44+,45-,46+,47-,48?,49-/m1/s1. The second-order valence-electron chi connectivity index (χ2n) is 18.9. The topological polar surface area (TPSA) is 163 Å². The molecule has 68 heavy (non-hydrogen) atoms. The summed E-state index contributed by atoms with van der Waals surface area (Å²) < 4.78 is 58.7. The van der Waals surface area contributed by atoms with E-state index in [-0.39, 0.29) is 26.4 Å². The van der Waals surface area contributed by atoms with Gasteiger partial charge in [0.1, 0.15) is 48.6 Å². The highest BCUT2D eigenvalue weighted by Crippen LogP contribution is 2.39. The van der Waals surface area contributed by atoms with Crippen LogP contribution in [0, 0.1) is 10.8 Å². The molecule has 4 aromatic carbocycles. The van der Waals surface area contributed by atoms with Gasteiger partial charge in [-0.2, -0.15) is 0 Å². The lowest BCUT2D eigenvalue weighted by molar-refractivity contribution is -0.298. The Balaban J connectivity index is 1.40. The maximum atomic E-state index is 13.5. The van der Waals surface area contributed by atoms with Crippen molar-refractivity contribution in [2.24, 2.45) is 10.8 Å². The lowest BCUT2D eigenvalue weighted by Gasteiger charge is -2.48. The number of hydrogen-bond donors (Lipinski definition) is 1. The van der Waals surface area contributed by atoms with Gasteiger partial charge in [0.05, 0.1) is 37.3 Å². The average Bonchev–Trinajstić information content (AvgIpc) is 3.30. The normalized spacial score (nSPS) is 25.2. The highest BCUT2D eigenvalue weighted by atomic mass is 32.2. The van der Waals surface area contributed by atoms with Crippen LogP contribution in [0.5, 0.6) is 0 Å². The Hall–Kier alpha value is -5.13. The van der Waals surface area contributed by atoms with Gasteiger partial charge >= 0.3 is 17.9 Å². The first-order chi connectivity index (χ1) is 32.5. The molecule has 15 heteroatoms. The molecule has 0 bridgehead atoms. The molecule has 2 saturated heterocycles. The van der Waals surface area contributed by atoms with Crippen LogP contribution in [0.4, 0.5) is 0 Å². The maximum Gasteiger partial charge on any atom is 0.311 e. The summed E-state index contributed by atoms with van der Waals surface area (Å²) in [6.45, 7) is 12.7. The molecule has 2 aliphatic rings. The van der Waals surface area contributed by atoms with Crippen LogP contribution in [0.1, 0.15) is 72.1 Å². The Morgan fingerprint density at radius 1 is 0.529 bits per heavy atom. The second kappa shape index (κ2) is 24.4. The van der Waals surface area contributed by atoms with E-state index < -0.39 is 102 Å². The van der Waals surface area contributed by atoms with Gasteiger partial charge in [0.15, 0.2) is 18.5 Å². The van der Waals surface area contributed by atoms with E-state index in [1.54, 1.807) is 41.5 Å². The highest BCUT2D eigenvalue weighted by molar-refractivity contribution is 7.99. The molecule has 0 aromatic heterocycles. The Labute approximate surface area is 404 Å². The zero-order valence-electron chi connectivity index (χ0n) is 40.1. The van der Waals surface area contributed by atoms with Crippen molar-refractivity contribution in [3.05, 3.63) is 138 Å². The van der Waals surface area contributed by atoms with Gasteiger partial charge in [-0.15, -0.1) is 0 Å². The summed E-state index contributed by atoms with van der Waals surface area (Å²) in [4.78, 5) is 53.5. The Kier molecular flexibility index (Phi) is 18.8. The van der Waals surface area contributed by atoms with Gasteiger partial charge in [0.25, 0.3) is 0 Å². The first-order valence-electron chi connectivity index (χ1n) is 22.9. The number of carbonyl (C=O) groups is 4. The first-order valence-corrected chi connectivity index (χ1v) is 23.8. The maximum absolute atomic E-state index is 13.5. The molecule has 1 N–H and O–H groups in total. The predicted molar refractivity (Wildman–Crippen MR) is 254 cm³/mol. The fourth-order valence-electron chi connectivity index (χ4n) is 7.51. The van der Waals surface area contributed by atoms with Gasteiger partial charge in [-0.1, -0.05) is 121 Å². The van der Waals surface area contributed by atoms with E-state index in [1.165, 1.54) is 25.6 Å². The minimum atomic E-state index is -1.37. The quantitative estimate of drug-likeness (QED) is 0.0711. The van der Waals surface area contributed by atoms with E-state index in [9.17, 15) is 19.2 Å². The molecule has 2 fully saturated rings. The molecule has 366 valence electrons. The van der Waals surface area contributed by atoms with Crippen molar-refractivity contribution < 1.29 is 61.8 Å². The predicted octanol–water partition coefficient (Wildman–Crippen LogP) is 7.98. The summed E-state index contributed by atoms with van der Waals surface area (Å²) in [5.74, 6) is -2.42. The van der Waals surface area contributed by atoms with E-state index in [0.29, 0.717) is 0 Å². The van der Waals surface area contributed by atoms with Gasteiger partial charge in [-0.3, -0.25) is 19.2 Å². The molecule has 1 amide bonds. The van der Waals surface area contributed by atoms with Gasteiger partial charge in [0, 0.05) is 18.7 Å². The average molecular weight is 956 g/mol. The Bertz CT molecular complexity index is 2200. The van der Waals surface area contributed by atoms with Crippen molar-refractivity contribution in [2.45, 2.75) is 141 Å². The number of rotatable bonds is 19. The van der Waals surface area contributed by atoms with E-state index in [0.717, 1.165) is 21.6 Å². The third-order valence-electron chi connectivity index (χ3n) is 11.0. The molecular formula is C53H65NO13S. The smallest absolute Gasteiger partial charge is 0.311 e. The number of thioether (sulfide) groups is 1. The summed E-state index contributed by atoms with van der Waals surface area (Å²) in [6.07, 6.45) is -8.42. The van der Waals surface area contributed by atoms with Crippen LogP contribution >= 0.6 is 11.8 Å². The summed E-state index contributed by atoms with van der Waals surface area (Å²) in [6, 6.07) is 38.0. The first kappa shape index (κ1) is 52.2. The summed E-state index contributed by atoms with van der Waals surface area (Å²) >= 11 is 1.47. The van der Waals surface area contributed by atoms with Gasteiger partial charge in [-0.05, 0) is 70.4 Å². The molecular weight excluding hydrogens is 891 g/mol. The number of hydrogen-bond acceptors (Lipinski definition) is 14. The molecule has 0 spiro atoms. The fraction of sp³-hybridized carbons (Fsp3) is 0.472. The van der Waals surface area contributed by atoms with Gasteiger partial charge < -0.3 is 47.9 Å². The lowest BCUT2D eigenvalue weighted by Crippen LogP contribution is -2.67. The molecule has 1 unspecified atom stereocenters. The summed E-state index contributed by atoms with van der Waals surface area (Å²) in [5, 5.41) is 2.83. The number of esters is 3. The van der Waals surface area contributed by atoms with E-state index in [2.05, 4.69) is 5.32 Å². The molecule has 0 aliphatic carbocycles. The molecule has 2 aliphatic heterocycles. The van der Waals surface area contributed by atoms with Gasteiger partial charge in [0.2, 0.25) is 5.91 Å². The van der Waals surface area contributed by atoms with E-state index >= 15 is 0 Å². The van der Waals surface area contributed by atoms with Crippen LogP contribution in [-0.4, -0.2) is 97.5 Å². The highest BCUT2D eigenvalue weighted by Gasteiger charge is 2.54. The number of benzene rings is 4. The SMILES string of the molecule is CC(=O)N[C@H]1C(OC[C@H]2O[C@H](Sc3ccccc3)[C@H](OCc3ccccc3)[C@@H](OCc3ccccc3)[C@@H]2OCc2ccccc2)O[C@H](COC(=O)C(C)(C)C)[C@H](OC(=O)C(C)(C)C)[C@@H]1OC(C)=O. The minimum Gasteiger partial charge on any atom is -0.462 e. The minimum absolute atomic E-state index is 0.184. The van der Waals surface area contributed by atoms with Crippen LogP contribution < -0.4 is 5.32 Å². The van der Waals surface area contributed by atoms with Crippen molar-refractivity contribution in [1.82, 2.24) is 5.32 Å². The van der Waals surface area contributed by atoms with E-state index in [4.69, 9.17) is 42.6 Å². The molecule has 0 saturated carbocycles. The number of nitrogens with one attached hydrogen (secondary N) is 1. The number of carbonyl (C=O) groups excluding carboxylic acids is 4. The molecule has 4 aromatic rings. The lowest BCUT2D eigenvalue weighted by atomic mass is 9.93. The van der Waals surface area contributed by atoms with Crippen LogP contribution in [0.15, 0.2) is 126 Å². The van der Waals surface area contributed by atoms with Crippen molar-refractivity contribution in [3.63, 3.8) is 0 Å². The van der Waals surface area contributed by atoms with Crippen LogP contribution in [0.25, 0.3) is 0 Å². The zero-order chi connectivity index (χ0) is 48.8. The molecule has 0 radical (unpaired) electrons. The summed E-state index contributed by atoms with van der Waals surface area (Å²) in [5.41, 5.74) is 0.246. The van der Waals surface area contributed by atoms with Gasteiger partial charge in [-0.25, -0.2) is 0 Å². The van der Waals surface area contributed by atoms with Crippen molar-refractivity contribution in [2.75, 3.05) is 13.2 Å². The van der Waals surface area contributed by atoms with Crippen molar-refractivity contribution >= 4 is 35.6 Å². The largest absolute Gasteiger partial charge is 0.462 e. The van der Waals surface area contributed by atoms with E-state index in [1.807, 2.05) is 121 Å². The van der Waals surface area contributed by atoms with Crippen LogP contribution in [0.2, 0.25) is 0 Å². The van der Waals surface area contributed by atoms with Crippen LogP contribution in [-0.2, 0) is 81.6 Å². The monoisotopic (exact) mass is 955 g/mol. The van der Waals surface area contributed by atoms with Crippen molar-refractivity contribution in [1.29, 1.82) is 0 Å². The summed E-state index contributed by atoms with van der Waals surface area (Å²) in [7, 11) is 0. The third kappa shape index (κ3) is 15.2. The molecule has 10 atom stereocenters. The molecule has 14 nitrogen and oxygen atoms in total. The Morgan fingerprint density at radius 3 is 1.49 bits per heavy atom. The Morgan fingerprint density at radius 2 is 1.00 bits per heavy atom. The number of amides is 1. The third-order valence-corrected chi connectivity index (χ3v) is 12.2. The van der Waals surface area contributed by atoms with Crippen molar-refractivity contribution in [3.8, 4) is 0 Å². The zero-order valence-corrected chi connectivity index (χ0v) is 40.9. The second-order valence-corrected chi connectivity index (χ2v) is 20.1. The number of ether oxygens (including phenoxy) is 9. The fourth-order valence-corrected chi connectivity index (χ4v) is 8.66. The van der Waals surface area contributed by atoms with Crippen LogP contribution in [0.3, 0.4) is 0 Å². The molecule has 6 rings (SSSR count). The molecule has 2 heterocycles.